The van der Waals surface area contributed by atoms with Crippen molar-refractivity contribution in [1.29, 1.82) is 0 Å². The molecule has 0 aromatic heterocycles. The number of amides is 1. The highest BCUT2D eigenvalue weighted by atomic mass is 32.2. The van der Waals surface area contributed by atoms with Crippen LogP contribution in [0, 0.1) is 6.92 Å². The van der Waals surface area contributed by atoms with Crippen molar-refractivity contribution < 1.29 is 13.2 Å². The Kier molecular flexibility index (Phi) is 5.72. The number of carbonyl (C=O) groups is 1. The van der Waals surface area contributed by atoms with Crippen LogP contribution in [0.1, 0.15) is 41.3 Å². The van der Waals surface area contributed by atoms with E-state index in [2.05, 4.69) is 10.5 Å². The molecule has 1 heterocycles. The minimum absolute atomic E-state index is 0.135. The van der Waals surface area contributed by atoms with Crippen molar-refractivity contribution in [3.8, 4) is 0 Å². The highest BCUT2D eigenvalue weighted by Crippen LogP contribution is 2.21. The fraction of sp³-hybridized carbons (Fsp3) is 0.300. The Morgan fingerprint density at radius 3 is 2.37 bits per heavy atom. The maximum absolute atomic E-state index is 12.7. The van der Waals surface area contributed by atoms with Crippen LogP contribution in [0.2, 0.25) is 0 Å². The number of hydrazone groups is 1. The van der Waals surface area contributed by atoms with Crippen LogP contribution < -0.4 is 5.43 Å². The van der Waals surface area contributed by atoms with E-state index < -0.39 is 15.9 Å². The third-order valence-electron chi connectivity index (χ3n) is 4.59. The van der Waals surface area contributed by atoms with Gasteiger partial charge >= 0.3 is 0 Å². The minimum Gasteiger partial charge on any atom is -0.267 e. The summed E-state index contributed by atoms with van der Waals surface area (Å²) in [5, 5.41) is 4.13. The lowest BCUT2D eigenvalue weighted by Gasteiger charge is -2.15. The molecule has 0 atom stereocenters. The Morgan fingerprint density at radius 1 is 1.04 bits per heavy atom. The summed E-state index contributed by atoms with van der Waals surface area (Å²) < 4.78 is 26.8. The number of benzene rings is 2. The van der Waals surface area contributed by atoms with Crippen molar-refractivity contribution in [1.82, 2.24) is 9.73 Å². The first kappa shape index (κ1) is 19.3. The molecule has 1 saturated heterocycles. The number of rotatable bonds is 5. The van der Waals surface area contributed by atoms with E-state index in [0.29, 0.717) is 18.8 Å². The van der Waals surface area contributed by atoms with Gasteiger partial charge < -0.3 is 0 Å². The maximum atomic E-state index is 12.7. The van der Waals surface area contributed by atoms with Gasteiger partial charge in [-0.25, -0.2) is 13.8 Å². The van der Waals surface area contributed by atoms with Crippen LogP contribution in [0.15, 0.2) is 58.5 Å². The van der Waals surface area contributed by atoms with E-state index in [9.17, 15) is 13.2 Å². The lowest BCUT2D eigenvalue weighted by Crippen LogP contribution is -2.28. The summed E-state index contributed by atoms with van der Waals surface area (Å²) >= 11 is 0. The minimum atomic E-state index is -3.56. The molecule has 1 N–H and O–H groups in total. The second-order valence-electron chi connectivity index (χ2n) is 6.64. The molecule has 1 aliphatic rings. The third kappa shape index (κ3) is 4.43. The van der Waals surface area contributed by atoms with Gasteiger partial charge in [-0.15, -0.1) is 0 Å². The molecular formula is C20H23N3O3S. The van der Waals surface area contributed by atoms with Gasteiger partial charge in [-0.3, -0.25) is 4.79 Å². The van der Waals surface area contributed by atoms with Crippen LogP contribution in [0.4, 0.5) is 0 Å². The maximum Gasteiger partial charge on any atom is 0.271 e. The SMILES string of the molecule is C/C(=N\NC(=O)c1cccc(S(=O)(=O)N2CCCC2)c1)c1ccc(C)cc1. The molecule has 142 valence electrons. The third-order valence-corrected chi connectivity index (χ3v) is 6.49. The summed E-state index contributed by atoms with van der Waals surface area (Å²) in [6.45, 7) is 4.86. The summed E-state index contributed by atoms with van der Waals surface area (Å²) in [5.74, 6) is -0.445. The van der Waals surface area contributed by atoms with Crippen LogP contribution in [0.3, 0.4) is 0 Å². The molecule has 7 heteroatoms. The predicted octanol–water partition coefficient (Wildman–Crippen LogP) is 2.93. The lowest BCUT2D eigenvalue weighted by atomic mass is 10.1. The average molecular weight is 385 g/mol. The van der Waals surface area contributed by atoms with E-state index in [4.69, 9.17) is 0 Å². The number of hydrogen-bond acceptors (Lipinski definition) is 4. The predicted molar refractivity (Wildman–Crippen MR) is 105 cm³/mol. The molecule has 0 saturated carbocycles. The quantitative estimate of drug-likeness (QED) is 0.635. The molecule has 0 radical (unpaired) electrons. The van der Waals surface area contributed by atoms with E-state index >= 15 is 0 Å². The molecule has 3 rings (SSSR count). The zero-order valence-corrected chi connectivity index (χ0v) is 16.3. The molecule has 1 amide bonds. The normalized spacial score (nSPS) is 15.7. The molecule has 1 aliphatic heterocycles. The van der Waals surface area contributed by atoms with Crippen molar-refractivity contribution in [2.24, 2.45) is 5.10 Å². The Morgan fingerprint density at radius 2 is 1.70 bits per heavy atom. The van der Waals surface area contributed by atoms with Crippen molar-refractivity contribution in [2.75, 3.05) is 13.1 Å². The number of aryl methyl sites for hydroxylation is 1. The van der Waals surface area contributed by atoms with E-state index in [1.54, 1.807) is 19.1 Å². The molecular weight excluding hydrogens is 362 g/mol. The molecule has 2 aromatic carbocycles. The number of sulfonamides is 1. The zero-order chi connectivity index (χ0) is 19.4. The Labute approximate surface area is 159 Å². The molecule has 1 fully saturated rings. The summed E-state index contributed by atoms with van der Waals surface area (Å²) in [6.07, 6.45) is 1.73. The molecule has 27 heavy (non-hydrogen) atoms. The first-order valence-electron chi connectivity index (χ1n) is 8.90. The average Bonchev–Trinajstić information content (AvgIpc) is 3.22. The second-order valence-corrected chi connectivity index (χ2v) is 8.58. The Bertz CT molecular complexity index is 960. The molecule has 0 bridgehead atoms. The summed E-state index contributed by atoms with van der Waals surface area (Å²) in [6, 6.07) is 13.9. The molecule has 2 aromatic rings. The standard InChI is InChI=1S/C20H23N3O3S/c1-15-8-10-17(11-9-15)16(2)21-22-20(24)18-6-5-7-19(14-18)27(25,26)23-12-3-4-13-23/h5-11,14H,3-4,12-13H2,1-2H3,(H,22,24)/b21-16+. The van der Waals surface area contributed by atoms with Gasteiger partial charge in [-0.05, 0) is 50.5 Å². The molecule has 0 spiro atoms. The summed E-state index contributed by atoms with van der Waals surface area (Å²) in [7, 11) is -3.56. The van der Waals surface area contributed by atoms with Gasteiger partial charge in [0.15, 0.2) is 0 Å². The van der Waals surface area contributed by atoms with Crippen LogP contribution in [0.5, 0.6) is 0 Å². The van der Waals surface area contributed by atoms with Crippen molar-refractivity contribution in [3.63, 3.8) is 0 Å². The fourth-order valence-electron chi connectivity index (χ4n) is 2.93. The van der Waals surface area contributed by atoms with Crippen molar-refractivity contribution in [3.05, 3.63) is 65.2 Å². The van der Waals surface area contributed by atoms with Gasteiger partial charge in [-0.1, -0.05) is 35.9 Å². The Balaban J connectivity index is 1.75. The number of carbonyl (C=O) groups excluding carboxylic acids is 1. The largest absolute Gasteiger partial charge is 0.271 e. The number of hydrogen-bond donors (Lipinski definition) is 1. The summed E-state index contributed by atoms with van der Waals surface area (Å²) in [5.41, 5.74) is 5.48. The van der Waals surface area contributed by atoms with E-state index in [0.717, 1.165) is 24.0 Å². The Hall–Kier alpha value is -2.51. The van der Waals surface area contributed by atoms with Gasteiger partial charge in [-0.2, -0.15) is 9.41 Å². The molecule has 0 aliphatic carbocycles. The molecule has 0 unspecified atom stereocenters. The van der Waals surface area contributed by atoms with Crippen LogP contribution in [-0.4, -0.2) is 37.4 Å². The zero-order valence-electron chi connectivity index (χ0n) is 15.5. The fourth-order valence-corrected chi connectivity index (χ4v) is 4.50. The first-order chi connectivity index (χ1) is 12.9. The van der Waals surface area contributed by atoms with Crippen LogP contribution in [0.25, 0.3) is 0 Å². The van der Waals surface area contributed by atoms with Crippen molar-refractivity contribution >= 4 is 21.6 Å². The van der Waals surface area contributed by atoms with Gasteiger partial charge in [0.05, 0.1) is 10.6 Å². The van der Waals surface area contributed by atoms with Gasteiger partial charge in [0, 0.05) is 18.7 Å². The molecule has 6 nitrogen and oxygen atoms in total. The van der Waals surface area contributed by atoms with Gasteiger partial charge in [0.2, 0.25) is 10.0 Å². The van der Waals surface area contributed by atoms with E-state index in [-0.39, 0.29) is 10.5 Å². The number of nitrogens with zero attached hydrogens (tertiary/aromatic N) is 2. The smallest absolute Gasteiger partial charge is 0.267 e. The highest BCUT2D eigenvalue weighted by molar-refractivity contribution is 7.89. The van der Waals surface area contributed by atoms with Crippen LogP contribution in [-0.2, 0) is 10.0 Å². The number of nitrogens with one attached hydrogen (secondary N) is 1. The van der Waals surface area contributed by atoms with Crippen LogP contribution >= 0.6 is 0 Å². The first-order valence-corrected chi connectivity index (χ1v) is 10.3. The highest BCUT2D eigenvalue weighted by Gasteiger charge is 2.27. The monoisotopic (exact) mass is 385 g/mol. The topological polar surface area (TPSA) is 78.8 Å². The van der Waals surface area contributed by atoms with Crippen molar-refractivity contribution in [2.45, 2.75) is 31.6 Å². The van der Waals surface area contributed by atoms with Gasteiger partial charge in [0.1, 0.15) is 0 Å². The van der Waals surface area contributed by atoms with E-state index in [1.165, 1.54) is 16.4 Å². The second kappa shape index (κ2) is 8.02. The van der Waals surface area contributed by atoms with E-state index in [1.807, 2.05) is 31.2 Å². The lowest BCUT2D eigenvalue weighted by molar-refractivity contribution is 0.0954. The van der Waals surface area contributed by atoms with Gasteiger partial charge in [0.25, 0.3) is 5.91 Å². The summed E-state index contributed by atoms with van der Waals surface area (Å²) in [4.78, 5) is 12.5.